The number of fused-ring (bicyclic) bond motifs is 7. The number of hydrogen-bond donors (Lipinski definition) is 1. The first-order valence-electron chi connectivity index (χ1n) is 18.7. The molecule has 0 saturated carbocycles. The Balaban J connectivity index is 1.13. The maximum absolute atomic E-state index is 17.2. The molecule has 2 bridgehead atoms. The Morgan fingerprint density at radius 3 is 2.38 bits per heavy atom. The lowest BCUT2D eigenvalue weighted by Gasteiger charge is -2.41. The molecule has 5 aliphatic rings. The van der Waals surface area contributed by atoms with Crippen LogP contribution < -0.4 is 15.0 Å². The highest BCUT2D eigenvalue weighted by Gasteiger charge is 2.86. The number of nitrogens with zero attached hydrogens (tertiary/aromatic N) is 5. The van der Waals surface area contributed by atoms with Crippen LogP contribution in [-0.4, -0.2) is 100.0 Å². The number of anilines is 1. The summed E-state index contributed by atoms with van der Waals surface area (Å²) in [5, 5.41) is 4.72. The van der Waals surface area contributed by atoms with Crippen molar-refractivity contribution in [2.24, 2.45) is 0 Å². The second-order valence-corrected chi connectivity index (χ2v) is 15.7. The van der Waals surface area contributed by atoms with Gasteiger partial charge in [0.15, 0.2) is 5.82 Å². The number of halogens is 11. The van der Waals surface area contributed by atoms with E-state index >= 15 is 8.78 Å². The van der Waals surface area contributed by atoms with E-state index in [0.29, 0.717) is 48.1 Å². The highest BCUT2D eigenvalue weighted by atomic mass is 19.4. The smallest absolute Gasteiger partial charge is 0.435 e. The van der Waals surface area contributed by atoms with Crippen molar-refractivity contribution in [1.82, 2.24) is 25.2 Å². The largest absolute Gasteiger partial charge is 0.461 e. The molecule has 7 heterocycles. The van der Waals surface area contributed by atoms with Gasteiger partial charge in [0.05, 0.1) is 28.3 Å². The Bertz CT molecular complexity index is 2330. The van der Waals surface area contributed by atoms with E-state index in [4.69, 9.17) is 21.1 Å². The minimum atomic E-state index is -6.88. The summed E-state index contributed by atoms with van der Waals surface area (Å²) in [6, 6.07) is 7.33. The third-order valence-electron chi connectivity index (χ3n) is 12.5. The zero-order valence-corrected chi connectivity index (χ0v) is 30.3. The van der Waals surface area contributed by atoms with Gasteiger partial charge >= 0.3 is 30.1 Å². The van der Waals surface area contributed by atoms with Crippen LogP contribution in [0, 0.1) is 24.0 Å². The number of rotatable bonds is 6. The fourth-order valence-corrected chi connectivity index (χ4v) is 9.98. The molecule has 58 heavy (non-hydrogen) atoms. The topological polar surface area (TPSA) is 75.6 Å². The summed E-state index contributed by atoms with van der Waals surface area (Å²) in [7, 11) is 0. The lowest BCUT2D eigenvalue weighted by atomic mass is 9.93. The van der Waals surface area contributed by atoms with Gasteiger partial charge in [-0.1, -0.05) is 30.2 Å². The number of alkyl halides is 9. The Kier molecular flexibility index (Phi) is 8.89. The van der Waals surface area contributed by atoms with E-state index < -0.39 is 67.0 Å². The fraction of sp³-hybridized carbons (Fsp3) is 0.513. The summed E-state index contributed by atoms with van der Waals surface area (Å²) in [6.45, 7) is -0.500. The van der Waals surface area contributed by atoms with Crippen LogP contribution in [0.5, 0.6) is 6.01 Å². The molecule has 5 atom stereocenters. The number of aromatic nitrogens is 3. The molecule has 4 saturated heterocycles. The zero-order valence-electron chi connectivity index (χ0n) is 30.3. The van der Waals surface area contributed by atoms with Crippen molar-refractivity contribution in [3.05, 3.63) is 53.2 Å². The number of piperazine rings is 1. The Morgan fingerprint density at radius 1 is 0.897 bits per heavy atom. The lowest BCUT2D eigenvalue weighted by Crippen LogP contribution is -2.68. The quantitative estimate of drug-likeness (QED) is 0.156. The van der Waals surface area contributed by atoms with Crippen molar-refractivity contribution >= 4 is 27.5 Å². The highest BCUT2D eigenvalue weighted by molar-refractivity contribution is 6.02. The molecule has 2 unspecified atom stereocenters. The molecule has 19 heteroatoms. The third-order valence-corrected chi connectivity index (χ3v) is 12.5. The molecule has 2 aromatic heterocycles. The molecule has 0 amide bonds. The van der Waals surface area contributed by atoms with Crippen LogP contribution in [0.15, 0.2) is 30.3 Å². The minimum Gasteiger partial charge on any atom is -0.461 e. The van der Waals surface area contributed by atoms with Gasteiger partial charge in [-0.15, -0.1) is 6.42 Å². The first kappa shape index (κ1) is 38.9. The number of pyridine rings is 1. The van der Waals surface area contributed by atoms with Crippen LogP contribution in [0.1, 0.15) is 49.8 Å². The molecule has 9 rings (SSSR count). The van der Waals surface area contributed by atoms with E-state index in [1.807, 2.05) is 0 Å². The average Bonchev–Trinajstić information content (AvgIpc) is 3.80. The van der Waals surface area contributed by atoms with E-state index in [9.17, 15) is 39.5 Å². The van der Waals surface area contributed by atoms with E-state index in [1.165, 1.54) is 17.0 Å². The van der Waals surface area contributed by atoms with Crippen LogP contribution in [0.25, 0.3) is 32.9 Å². The van der Waals surface area contributed by atoms with E-state index in [2.05, 4.69) is 25.9 Å². The average molecular weight is 827 g/mol. The van der Waals surface area contributed by atoms with Gasteiger partial charge in [0.2, 0.25) is 0 Å². The number of ether oxygens (including phenoxy) is 2. The number of aryl methyl sites for hydroxylation is 1. The molecule has 308 valence electrons. The summed E-state index contributed by atoms with van der Waals surface area (Å²) in [4.78, 5) is 17.5. The Hall–Kier alpha value is -4.54. The van der Waals surface area contributed by atoms with Crippen LogP contribution >= 0.6 is 0 Å². The van der Waals surface area contributed by atoms with Gasteiger partial charge in [-0.2, -0.15) is 49.5 Å². The van der Waals surface area contributed by atoms with Gasteiger partial charge in [0.1, 0.15) is 29.5 Å². The SMILES string of the molecule is C#Cc1c(F)ccc2cccc(-c3nc4c5c(nc(OCC67CCCN6CC(OC(C(F)(F)F)(C(F)(F)F)C(F)(F)F)C7)nc5c3F)N3C[C@H]5CC[C@H](N5)[C@H]3CC4)c12. The third kappa shape index (κ3) is 5.79. The van der Waals surface area contributed by atoms with Crippen LogP contribution in [0.4, 0.5) is 54.1 Å². The summed E-state index contributed by atoms with van der Waals surface area (Å²) >= 11 is 0. The number of terminal acetylenes is 1. The zero-order chi connectivity index (χ0) is 41.2. The van der Waals surface area contributed by atoms with E-state index in [1.54, 1.807) is 18.2 Å². The van der Waals surface area contributed by atoms with Crippen molar-refractivity contribution in [2.45, 2.75) is 98.8 Å². The van der Waals surface area contributed by atoms with E-state index in [0.717, 1.165) is 12.8 Å². The number of hydrogen-bond acceptors (Lipinski definition) is 8. The van der Waals surface area contributed by atoms with Crippen LogP contribution in [0.2, 0.25) is 0 Å². The maximum atomic E-state index is 17.2. The fourth-order valence-electron chi connectivity index (χ4n) is 9.98. The predicted octanol–water partition coefficient (Wildman–Crippen LogP) is 7.79. The monoisotopic (exact) mass is 826 g/mol. The Morgan fingerprint density at radius 2 is 1.66 bits per heavy atom. The normalized spacial score (nSPS) is 26.2. The van der Waals surface area contributed by atoms with Crippen LogP contribution in [0.3, 0.4) is 0 Å². The molecule has 0 radical (unpaired) electrons. The van der Waals surface area contributed by atoms with Gasteiger partial charge in [-0.25, -0.2) is 13.8 Å². The van der Waals surface area contributed by atoms with Gasteiger partial charge in [-0.3, -0.25) is 4.90 Å². The minimum absolute atomic E-state index is 0.0737. The van der Waals surface area contributed by atoms with Gasteiger partial charge in [0, 0.05) is 42.2 Å². The molecule has 2 aromatic carbocycles. The van der Waals surface area contributed by atoms with Crippen molar-refractivity contribution in [1.29, 1.82) is 0 Å². The van der Waals surface area contributed by atoms with Crippen molar-refractivity contribution < 1.29 is 57.8 Å². The molecular formula is C39H33F11N6O2. The molecule has 4 fully saturated rings. The number of nitrogens with one attached hydrogen (secondary N) is 1. The summed E-state index contributed by atoms with van der Waals surface area (Å²) in [6.07, 6.45) is -14.4. The highest BCUT2D eigenvalue weighted by Crippen LogP contribution is 2.57. The first-order chi connectivity index (χ1) is 27.4. The molecule has 0 spiro atoms. The second-order valence-electron chi connectivity index (χ2n) is 15.7. The lowest BCUT2D eigenvalue weighted by molar-refractivity contribution is -0.463. The van der Waals surface area contributed by atoms with Gasteiger partial charge in [0.25, 0.3) is 0 Å². The number of benzene rings is 2. The van der Waals surface area contributed by atoms with Crippen molar-refractivity contribution in [3.63, 3.8) is 0 Å². The Labute approximate surface area is 323 Å². The van der Waals surface area contributed by atoms with Gasteiger partial charge in [-0.05, 0) is 62.9 Å². The maximum Gasteiger partial charge on any atom is 0.435 e. The molecule has 8 nitrogen and oxygen atoms in total. The van der Waals surface area contributed by atoms with E-state index in [-0.39, 0.29) is 64.8 Å². The van der Waals surface area contributed by atoms with Crippen molar-refractivity contribution in [3.8, 4) is 29.6 Å². The molecular weight excluding hydrogens is 793 g/mol. The standard InChI is InChI=1S/C39H33F11N6O2/c1-2-22-24(40)9-7-19-5-3-6-23(28(19)22)31-30(41)32-29-26(52-31)11-12-27-25-10-8-20(51-25)16-56(27)33(29)54-34(53-32)57-18-35-13-4-14-55(35)17-21(15-35)58-36(37(42,43)44,38(45,46)47)39(48,49)50/h1,3,5-7,9,20-21,25,27,51H,4,8,10-18H2/t20-,21?,25+,27-,35?/m1/s1. The van der Waals surface area contributed by atoms with Gasteiger partial charge < -0.3 is 19.7 Å². The first-order valence-corrected chi connectivity index (χ1v) is 18.7. The molecule has 5 aliphatic heterocycles. The summed E-state index contributed by atoms with van der Waals surface area (Å²) in [5.74, 6) is 1.08. The molecule has 1 N–H and O–H groups in total. The predicted molar refractivity (Wildman–Crippen MR) is 187 cm³/mol. The second kappa shape index (κ2) is 13.2. The summed E-state index contributed by atoms with van der Waals surface area (Å²) in [5.41, 5.74) is -7.55. The molecule has 4 aromatic rings. The molecule has 0 aliphatic carbocycles. The van der Waals surface area contributed by atoms with Crippen LogP contribution in [-0.2, 0) is 11.2 Å². The summed E-state index contributed by atoms with van der Waals surface area (Å²) < 4.78 is 167. The van der Waals surface area contributed by atoms with Crippen molar-refractivity contribution in [2.75, 3.05) is 31.1 Å².